The molecule has 1 aromatic carbocycles. The van der Waals surface area contributed by atoms with Crippen molar-refractivity contribution in [1.82, 2.24) is 25.0 Å². The lowest BCUT2D eigenvalue weighted by molar-refractivity contribution is -0.117. The van der Waals surface area contributed by atoms with E-state index in [0.29, 0.717) is 48.4 Å². The first-order valence-electron chi connectivity index (χ1n) is 8.19. The lowest BCUT2D eigenvalue weighted by atomic mass is 10.1. The fourth-order valence-electron chi connectivity index (χ4n) is 2.51. The van der Waals surface area contributed by atoms with E-state index in [1.165, 1.54) is 6.07 Å². The molecule has 136 valence electrons. The molecule has 0 aliphatic rings. The molecule has 1 amide bonds. The van der Waals surface area contributed by atoms with E-state index < -0.39 is 5.91 Å². The largest absolute Gasteiger partial charge is 0.380 e. The number of H-pyrrole nitrogens is 1. The Bertz CT molecular complexity index is 904. The number of primary amides is 1. The number of benzene rings is 1. The van der Waals surface area contributed by atoms with Crippen LogP contribution in [-0.2, 0) is 22.5 Å². The van der Waals surface area contributed by atoms with Crippen molar-refractivity contribution in [2.75, 3.05) is 13.2 Å². The number of amides is 1. The predicted octanol–water partition coefficient (Wildman–Crippen LogP) is 1.54. The first-order valence-corrected chi connectivity index (χ1v) is 8.19. The topological polar surface area (TPSA) is 112 Å². The van der Waals surface area contributed by atoms with Crippen LogP contribution in [0, 0.1) is 5.82 Å². The molecule has 3 aromatic rings. The zero-order chi connectivity index (χ0) is 18.5. The Morgan fingerprint density at radius 1 is 1.38 bits per heavy atom. The number of hydrogen-bond donors (Lipinski definition) is 2. The molecule has 0 radical (unpaired) electrons. The Morgan fingerprint density at radius 2 is 2.19 bits per heavy atom. The van der Waals surface area contributed by atoms with Crippen molar-refractivity contribution >= 4 is 5.91 Å². The van der Waals surface area contributed by atoms with Crippen molar-refractivity contribution < 1.29 is 13.9 Å². The number of hydrogen-bond acceptors (Lipinski definition) is 5. The number of halogens is 1. The summed E-state index contributed by atoms with van der Waals surface area (Å²) < 4.78 is 20.9. The number of carbonyl (C=O) groups excluding carboxylic acids is 1. The molecule has 26 heavy (non-hydrogen) atoms. The summed E-state index contributed by atoms with van der Waals surface area (Å²) in [6, 6.07) is 8.07. The van der Waals surface area contributed by atoms with Crippen molar-refractivity contribution in [2.24, 2.45) is 5.73 Å². The van der Waals surface area contributed by atoms with E-state index >= 15 is 0 Å². The van der Waals surface area contributed by atoms with E-state index in [1.54, 1.807) is 28.9 Å². The highest BCUT2D eigenvalue weighted by Gasteiger charge is 2.17. The molecule has 0 bridgehead atoms. The zero-order valence-electron chi connectivity index (χ0n) is 14.3. The second-order valence-electron chi connectivity index (χ2n) is 5.56. The molecule has 3 rings (SSSR count). The molecular weight excluding hydrogens is 339 g/mol. The van der Waals surface area contributed by atoms with Crippen LogP contribution in [0.5, 0.6) is 0 Å². The van der Waals surface area contributed by atoms with Gasteiger partial charge >= 0.3 is 0 Å². The minimum atomic E-state index is -0.518. The molecule has 2 aromatic heterocycles. The van der Waals surface area contributed by atoms with Crippen LogP contribution in [0.4, 0.5) is 4.39 Å². The van der Waals surface area contributed by atoms with Gasteiger partial charge in [-0.2, -0.15) is 10.2 Å². The van der Waals surface area contributed by atoms with Crippen LogP contribution in [0.1, 0.15) is 12.7 Å². The fourth-order valence-corrected chi connectivity index (χ4v) is 2.51. The lowest BCUT2D eigenvalue weighted by Crippen LogP contribution is -2.15. The summed E-state index contributed by atoms with van der Waals surface area (Å²) in [6.07, 6.45) is -0.0665. The van der Waals surface area contributed by atoms with Crippen molar-refractivity contribution in [3.05, 3.63) is 42.0 Å². The van der Waals surface area contributed by atoms with Gasteiger partial charge in [0.2, 0.25) is 5.91 Å². The third-order valence-electron chi connectivity index (χ3n) is 3.67. The summed E-state index contributed by atoms with van der Waals surface area (Å²) in [6.45, 7) is 3.37. The molecule has 9 heteroatoms. The van der Waals surface area contributed by atoms with Gasteiger partial charge in [-0.1, -0.05) is 12.1 Å². The van der Waals surface area contributed by atoms with Gasteiger partial charge < -0.3 is 10.5 Å². The number of aromatic nitrogens is 5. The molecular formula is C17H19FN6O2. The van der Waals surface area contributed by atoms with Gasteiger partial charge in [-0.25, -0.2) is 14.1 Å². The van der Waals surface area contributed by atoms with Crippen LogP contribution in [-0.4, -0.2) is 44.1 Å². The second kappa shape index (κ2) is 7.87. The Hall–Kier alpha value is -3.07. The van der Waals surface area contributed by atoms with Gasteiger partial charge in [0.25, 0.3) is 0 Å². The number of nitrogens with zero attached hydrogens (tertiary/aromatic N) is 4. The summed E-state index contributed by atoms with van der Waals surface area (Å²) >= 11 is 0. The molecule has 0 fully saturated rings. The van der Waals surface area contributed by atoms with Gasteiger partial charge in [0, 0.05) is 12.2 Å². The summed E-state index contributed by atoms with van der Waals surface area (Å²) in [5.41, 5.74) is 6.62. The Labute approximate surface area is 149 Å². The molecule has 0 saturated heterocycles. The van der Waals surface area contributed by atoms with Crippen LogP contribution < -0.4 is 5.73 Å². The summed E-state index contributed by atoms with van der Waals surface area (Å²) in [5, 5.41) is 11.3. The number of aromatic amines is 1. The SMILES string of the molecule is CCOCCn1nc(CC(N)=O)nc1-c1cc(-c2ccccc2F)n[nH]1. The standard InChI is InChI=1S/C17H19FN6O2/c1-2-26-8-7-24-17(20-16(23-24)10-15(19)25)14-9-13(21-22-14)11-5-3-4-6-12(11)18/h3-6,9H,2,7-8,10H2,1H3,(H2,19,25)(H,21,22). The van der Waals surface area contributed by atoms with E-state index in [9.17, 15) is 9.18 Å². The van der Waals surface area contributed by atoms with Crippen molar-refractivity contribution in [3.63, 3.8) is 0 Å². The first kappa shape index (κ1) is 17.7. The summed E-state index contributed by atoms with van der Waals surface area (Å²) in [7, 11) is 0. The van der Waals surface area contributed by atoms with Crippen LogP contribution >= 0.6 is 0 Å². The number of rotatable bonds is 8. The van der Waals surface area contributed by atoms with Gasteiger partial charge in [0.1, 0.15) is 11.5 Å². The van der Waals surface area contributed by atoms with Crippen LogP contribution in [0.2, 0.25) is 0 Å². The van der Waals surface area contributed by atoms with Gasteiger partial charge in [-0.3, -0.25) is 9.89 Å². The lowest BCUT2D eigenvalue weighted by Gasteiger charge is -2.04. The predicted molar refractivity (Wildman–Crippen MR) is 92.4 cm³/mol. The van der Waals surface area contributed by atoms with Gasteiger partial charge in [-0.05, 0) is 25.1 Å². The molecule has 2 heterocycles. The minimum Gasteiger partial charge on any atom is -0.380 e. The zero-order valence-corrected chi connectivity index (χ0v) is 14.3. The van der Waals surface area contributed by atoms with Crippen LogP contribution in [0.25, 0.3) is 22.8 Å². The van der Waals surface area contributed by atoms with E-state index in [0.717, 1.165) is 0 Å². The van der Waals surface area contributed by atoms with Crippen molar-refractivity contribution in [2.45, 2.75) is 19.9 Å². The molecule has 8 nitrogen and oxygen atoms in total. The highest BCUT2D eigenvalue weighted by Crippen LogP contribution is 2.25. The monoisotopic (exact) mass is 358 g/mol. The average molecular weight is 358 g/mol. The average Bonchev–Trinajstić information content (AvgIpc) is 3.22. The number of carbonyl (C=O) groups is 1. The molecule has 0 aliphatic carbocycles. The molecule has 0 saturated carbocycles. The maximum absolute atomic E-state index is 14.0. The van der Waals surface area contributed by atoms with Crippen LogP contribution in [0.3, 0.4) is 0 Å². The van der Waals surface area contributed by atoms with E-state index in [2.05, 4.69) is 20.3 Å². The van der Waals surface area contributed by atoms with Gasteiger partial charge in [0.05, 0.1) is 25.3 Å². The molecule has 0 aliphatic heterocycles. The summed E-state index contributed by atoms with van der Waals surface area (Å²) in [5.74, 6) is -0.0879. The maximum Gasteiger partial charge on any atom is 0.225 e. The normalized spacial score (nSPS) is 11.0. The first-order chi connectivity index (χ1) is 12.6. The number of ether oxygens (including phenoxy) is 1. The highest BCUT2D eigenvalue weighted by atomic mass is 19.1. The van der Waals surface area contributed by atoms with E-state index in [1.807, 2.05) is 6.92 Å². The van der Waals surface area contributed by atoms with E-state index in [4.69, 9.17) is 10.5 Å². The Kier molecular flexibility index (Phi) is 5.37. The third-order valence-corrected chi connectivity index (χ3v) is 3.67. The Morgan fingerprint density at radius 3 is 2.92 bits per heavy atom. The smallest absolute Gasteiger partial charge is 0.225 e. The number of nitrogens with one attached hydrogen (secondary N) is 1. The van der Waals surface area contributed by atoms with Crippen molar-refractivity contribution in [1.29, 1.82) is 0 Å². The maximum atomic E-state index is 14.0. The quantitative estimate of drug-likeness (QED) is 0.593. The Balaban J connectivity index is 1.93. The van der Waals surface area contributed by atoms with Gasteiger partial charge in [0.15, 0.2) is 11.6 Å². The van der Waals surface area contributed by atoms with Crippen LogP contribution in [0.15, 0.2) is 30.3 Å². The molecule has 0 spiro atoms. The molecule has 0 atom stereocenters. The van der Waals surface area contributed by atoms with E-state index in [-0.39, 0.29) is 12.2 Å². The molecule has 3 N–H and O–H groups in total. The second-order valence-corrected chi connectivity index (χ2v) is 5.56. The minimum absolute atomic E-state index is 0.0665. The molecule has 0 unspecified atom stereocenters. The summed E-state index contributed by atoms with van der Waals surface area (Å²) in [4.78, 5) is 15.5. The van der Waals surface area contributed by atoms with Gasteiger partial charge in [-0.15, -0.1) is 0 Å². The number of nitrogens with two attached hydrogens (primary N) is 1. The fraction of sp³-hybridized carbons (Fsp3) is 0.294. The highest BCUT2D eigenvalue weighted by molar-refractivity contribution is 5.75. The third kappa shape index (κ3) is 3.94. The van der Waals surface area contributed by atoms with Crippen molar-refractivity contribution in [3.8, 4) is 22.8 Å².